The average Bonchev–Trinajstić information content (AvgIpc) is 3.08. The summed E-state index contributed by atoms with van der Waals surface area (Å²) >= 11 is 8.81. The molecule has 2 aromatic carbocycles. The van der Waals surface area contributed by atoms with Crippen LogP contribution in [0.1, 0.15) is 21.3 Å². The van der Waals surface area contributed by atoms with Crippen LogP contribution in [-0.4, -0.2) is 20.8 Å². The van der Waals surface area contributed by atoms with Gasteiger partial charge in [-0.2, -0.15) is 0 Å². The van der Waals surface area contributed by atoms with Crippen molar-refractivity contribution in [2.45, 2.75) is 24.1 Å². The molecule has 10 heteroatoms. The van der Waals surface area contributed by atoms with Crippen molar-refractivity contribution < 1.29 is 9.72 Å². The van der Waals surface area contributed by atoms with Gasteiger partial charge in [-0.25, -0.2) is 9.97 Å². The smallest absolute Gasteiger partial charge is 0.289 e. The van der Waals surface area contributed by atoms with Gasteiger partial charge in [0.25, 0.3) is 5.69 Å². The highest BCUT2D eigenvalue weighted by atomic mass is 35.5. The summed E-state index contributed by atoms with van der Waals surface area (Å²) in [5, 5.41) is 15.0. The number of nitrogens with zero attached hydrogens (tertiary/aromatic N) is 3. The Morgan fingerprint density at radius 3 is 2.66 bits per heavy atom. The zero-order valence-corrected chi connectivity index (χ0v) is 19.4. The number of anilines is 1. The summed E-state index contributed by atoms with van der Waals surface area (Å²) in [7, 11) is 0. The number of fused-ring (bicyclic) bond motifs is 1. The lowest BCUT2D eigenvalue weighted by Crippen LogP contribution is -2.19. The van der Waals surface area contributed by atoms with E-state index < -0.39 is 10.2 Å². The van der Waals surface area contributed by atoms with Crippen molar-refractivity contribution in [1.82, 2.24) is 9.97 Å². The summed E-state index contributed by atoms with van der Waals surface area (Å²) in [5.41, 5.74) is 1.90. The van der Waals surface area contributed by atoms with Crippen LogP contribution in [0, 0.1) is 24.0 Å². The summed E-state index contributed by atoms with van der Waals surface area (Å²) in [4.78, 5) is 34.8. The maximum atomic E-state index is 13.3. The molecule has 0 saturated heterocycles. The Kier molecular flexibility index (Phi) is 6.40. The van der Waals surface area contributed by atoms with E-state index in [0.717, 1.165) is 26.2 Å². The number of hydrogen-bond acceptors (Lipinski definition) is 7. The van der Waals surface area contributed by atoms with Gasteiger partial charge >= 0.3 is 0 Å². The zero-order valence-electron chi connectivity index (χ0n) is 17.0. The number of carbonyl (C=O) groups excluding carboxylic acids is 1. The lowest BCUT2D eigenvalue weighted by Gasteiger charge is -2.17. The van der Waals surface area contributed by atoms with Crippen molar-refractivity contribution in [3.8, 4) is 0 Å². The van der Waals surface area contributed by atoms with Gasteiger partial charge < -0.3 is 5.32 Å². The summed E-state index contributed by atoms with van der Waals surface area (Å²) in [5.74, 6) is -0.325. The first-order chi connectivity index (χ1) is 15.3. The highest BCUT2D eigenvalue weighted by Crippen LogP contribution is 2.41. The fourth-order valence-electron chi connectivity index (χ4n) is 3.19. The topological polar surface area (TPSA) is 98.0 Å². The van der Waals surface area contributed by atoms with Gasteiger partial charge in [-0.1, -0.05) is 53.7 Å². The summed E-state index contributed by atoms with van der Waals surface area (Å²) < 4.78 is 0. The van der Waals surface area contributed by atoms with E-state index in [0.29, 0.717) is 10.7 Å². The van der Waals surface area contributed by atoms with Crippen LogP contribution in [0.15, 0.2) is 59.9 Å². The number of aromatic nitrogens is 2. The number of halogens is 1. The number of nitro benzene ring substituents is 1. The maximum Gasteiger partial charge on any atom is 0.289 e. The Morgan fingerprint density at radius 1 is 1.19 bits per heavy atom. The lowest BCUT2D eigenvalue weighted by atomic mass is 10.1. The van der Waals surface area contributed by atoms with Gasteiger partial charge in [0.15, 0.2) is 0 Å². The molecule has 1 atom stereocenters. The molecule has 1 amide bonds. The molecule has 0 spiro atoms. The first-order valence-corrected chi connectivity index (χ1v) is 11.6. The molecule has 7 nitrogen and oxygen atoms in total. The number of thiophene rings is 1. The fraction of sp³-hybridized carbons (Fsp3) is 0.136. The minimum absolute atomic E-state index is 0.00802. The van der Waals surface area contributed by atoms with Gasteiger partial charge in [-0.3, -0.25) is 14.9 Å². The third kappa shape index (κ3) is 4.45. The number of benzene rings is 2. The molecule has 1 N–H and O–H groups in total. The van der Waals surface area contributed by atoms with E-state index >= 15 is 0 Å². The second-order valence-corrected chi connectivity index (χ2v) is 9.67. The quantitative estimate of drug-likeness (QED) is 0.148. The fourth-order valence-corrected chi connectivity index (χ4v) is 5.60. The number of hydrogen-bond donors (Lipinski definition) is 1. The van der Waals surface area contributed by atoms with E-state index in [2.05, 4.69) is 15.3 Å². The van der Waals surface area contributed by atoms with Crippen molar-refractivity contribution in [3.63, 3.8) is 0 Å². The molecule has 2 aromatic heterocycles. The van der Waals surface area contributed by atoms with E-state index in [4.69, 9.17) is 11.6 Å². The molecule has 4 aromatic rings. The highest BCUT2D eigenvalue weighted by Gasteiger charge is 2.26. The van der Waals surface area contributed by atoms with Gasteiger partial charge in [0.1, 0.15) is 26.5 Å². The Morgan fingerprint density at radius 2 is 1.94 bits per heavy atom. The number of nitro groups is 1. The van der Waals surface area contributed by atoms with Crippen molar-refractivity contribution >= 4 is 62.2 Å². The predicted molar refractivity (Wildman–Crippen MR) is 129 cm³/mol. The van der Waals surface area contributed by atoms with Crippen LogP contribution in [-0.2, 0) is 4.79 Å². The first kappa shape index (κ1) is 22.2. The molecule has 162 valence electrons. The molecular formula is C22H17ClN4O3S2. The molecule has 0 aliphatic rings. The van der Waals surface area contributed by atoms with Crippen LogP contribution in [0.2, 0.25) is 5.02 Å². The Bertz CT molecular complexity index is 1330. The average molecular weight is 485 g/mol. The van der Waals surface area contributed by atoms with Crippen molar-refractivity contribution in [3.05, 3.63) is 86.0 Å². The van der Waals surface area contributed by atoms with Crippen LogP contribution in [0.25, 0.3) is 10.2 Å². The molecule has 0 aliphatic carbocycles. The number of rotatable bonds is 6. The molecule has 2 heterocycles. The minimum atomic E-state index is -0.636. The standard InChI is InChI=1S/C22H17ClN4O3S2/c1-12-13(2)31-21-18(12)22(25-11-24-21)32-19(14-6-4-3-5-7-14)20(28)26-15-8-9-16(23)17(10-15)27(29)30/h3-11,19H,1-2H3,(H,26,28). The third-order valence-corrected chi connectivity index (χ3v) is 7.60. The third-order valence-electron chi connectivity index (χ3n) is 4.91. The number of amides is 1. The molecule has 0 bridgehead atoms. The Hall–Kier alpha value is -3.01. The van der Waals surface area contributed by atoms with Crippen molar-refractivity contribution in [2.75, 3.05) is 5.32 Å². The van der Waals surface area contributed by atoms with Crippen LogP contribution in [0.5, 0.6) is 0 Å². The molecule has 0 saturated carbocycles. The molecule has 1 unspecified atom stereocenters. The van der Waals surface area contributed by atoms with Crippen molar-refractivity contribution in [1.29, 1.82) is 0 Å². The van der Waals surface area contributed by atoms with E-state index in [1.54, 1.807) is 11.3 Å². The number of aryl methyl sites for hydroxylation is 2. The van der Waals surface area contributed by atoms with E-state index in [-0.39, 0.29) is 16.6 Å². The normalized spacial score (nSPS) is 12.0. The van der Waals surface area contributed by atoms with E-state index in [9.17, 15) is 14.9 Å². The van der Waals surface area contributed by atoms with Gasteiger partial charge in [0.05, 0.1) is 4.92 Å². The second kappa shape index (κ2) is 9.23. The molecule has 0 fully saturated rings. The Labute approximate surface area is 197 Å². The van der Waals surface area contributed by atoms with E-state index in [1.807, 2.05) is 44.2 Å². The predicted octanol–water partition coefficient (Wildman–Crippen LogP) is 6.34. The van der Waals surface area contributed by atoms with Crippen LogP contribution < -0.4 is 5.32 Å². The highest BCUT2D eigenvalue weighted by molar-refractivity contribution is 8.00. The van der Waals surface area contributed by atoms with Crippen molar-refractivity contribution in [2.24, 2.45) is 0 Å². The van der Waals surface area contributed by atoms with E-state index in [1.165, 1.54) is 36.3 Å². The first-order valence-electron chi connectivity index (χ1n) is 9.52. The summed E-state index contributed by atoms with van der Waals surface area (Å²) in [6.07, 6.45) is 1.50. The molecule has 0 radical (unpaired) electrons. The molecule has 0 aliphatic heterocycles. The minimum Gasteiger partial charge on any atom is -0.325 e. The van der Waals surface area contributed by atoms with Crippen LogP contribution >= 0.6 is 34.7 Å². The van der Waals surface area contributed by atoms with Gasteiger partial charge in [-0.15, -0.1) is 11.3 Å². The summed E-state index contributed by atoms with van der Waals surface area (Å²) in [6, 6.07) is 13.5. The SMILES string of the molecule is Cc1sc2ncnc(SC(C(=O)Nc3ccc(Cl)c([N+](=O)[O-])c3)c3ccccc3)c2c1C. The molecular weight excluding hydrogens is 468 g/mol. The monoisotopic (exact) mass is 484 g/mol. The number of thioether (sulfide) groups is 1. The second-order valence-electron chi connectivity index (χ2n) is 6.96. The largest absolute Gasteiger partial charge is 0.325 e. The lowest BCUT2D eigenvalue weighted by molar-refractivity contribution is -0.384. The molecule has 32 heavy (non-hydrogen) atoms. The number of nitrogens with one attached hydrogen (secondary N) is 1. The van der Waals surface area contributed by atoms with Gasteiger partial charge in [-0.05, 0) is 37.1 Å². The van der Waals surface area contributed by atoms with Crippen LogP contribution in [0.4, 0.5) is 11.4 Å². The van der Waals surface area contributed by atoms with Gasteiger partial charge in [0, 0.05) is 22.0 Å². The maximum absolute atomic E-state index is 13.3. The van der Waals surface area contributed by atoms with Crippen LogP contribution in [0.3, 0.4) is 0 Å². The Balaban J connectivity index is 1.71. The van der Waals surface area contributed by atoms with Gasteiger partial charge in [0.2, 0.25) is 5.91 Å². The summed E-state index contributed by atoms with van der Waals surface area (Å²) in [6.45, 7) is 4.05. The molecule has 4 rings (SSSR count). The zero-order chi connectivity index (χ0) is 22.8. The number of carbonyl (C=O) groups is 1.